The Morgan fingerprint density at radius 1 is 0.366 bits per heavy atom. The smallest absolute Gasteiger partial charge is 0.194 e. The van der Waals surface area contributed by atoms with Crippen LogP contribution < -0.4 is 9.47 Å². The highest BCUT2D eigenvalue weighted by molar-refractivity contribution is 14.1. The van der Waals surface area contributed by atoms with E-state index < -0.39 is 29.0 Å². The average molecular weight is 1440 g/mol. The summed E-state index contributed by atoms with van der Waals surface area (Å²) in [5, 5.41) is 47.0. The number of phenols is 5. The van der Waals surface area contributed by atoms with Gasteiger partial charge in [0.2, 0.25) is 0 Å². The van der Waals surface area contributed by atoms with E-state index in [2.05, 4.69) is 171 Å². The van der Waals surface area contributed by atoms with Gasteiger partial charge in [0.25, 0.3) is 0 Å². The summed E-state index contributed by atoms with van der Waals surface area (Å²) >= 11 is 8.64. The van der Waals surface area contributed by atoms with E-state index in [9.17, 15) is 33.6 Å². The average Bonchev–Trinajstić information content (AvgIpc) is 3.32. The summed E-state index contributed by atoms with van der Waals surface area (Å²) < 4.78 is 53.1. The summed E-state index contributed by atoms with van der Waals surface area (Å²) in [7, 11) is 2.99. The number of ether oxygens (including phenoxy) is 2. The molecule has 0 radical (unpaired) electrons. The van der Waals surface area contributed by atoms with Gasteiger partial charge in [0, 0.05) is 0 Å². The van der Waals surface area contributed by atoms with E-state index in [1.165, 1.54) is 42.0 Å². The molecule has 0 atom stereocenters. The first-order valence-electron chi connectivity index (χ1n) is 23.6. The van der Waals surface area contributed by atoms with Crippen molar-refractivity contribution in [2.75, 3.05) is 14.2 Å². The van der Waals surface area contributed by atoms with E-state index in [4.69, 9.17) is 14.6 Å². The van der Waals surface area contributed by atoms with Crippen molar-refractivity contribution in [3.05, 3.63) is 126 Å². The Morgan fingerprint density at radius 3 is 0.972 bits per heavy atom. The summed E-state index contributed by atoms with van der Waals surface area (Å²) in [6.07, 6.45) is 4.92. The molecule has 0 bridgehead atoms. The van der Waals surface area contributed by atoms with Gasteiger partial charge in [0.15, 0.2) is 46.2 Å². The Labute approximate surface area is 477 Å². The van der Waals surface area contributed by atoms with Gasteiger partial charge in [0.1, 0.15) is 11.5 Å². The summed E-state index contributed by atoms with van der Waals surface area (Å²) in [6, 6.07) is 19.3. The van der Waals surface area contributed by atoms with Crippen LogP contribution in [-0.4, -0.2) is 39.8 Å². The van der Waals surface area contributed by atoms with Gasteiger partial charge in [0.05, 0.1) is 28.5 Å². The summed E-state index contributed by atoms with van der Waals surface area (Å²) in [5.74, 6) is -2.01. The number of halogens is 7. The second-order valence-electron chi connectivity index (χ2n) is 20.4. The lowest BCUT2D eigenvalue weighted by Gasteiger charge is -2.24. The van der Waals surface area contributed by atoms with Gasteiger partial charge in [-0.3, -0.25) is 0 Å². The number of hydrogen-bond acceptors (Lipinski definition) is 7. The van der Waals surface area contributed by atoms with E-state index in [0.29, 0.717) is 22.8 Å². The highest BCUT2D eigenvalue weighted by Crippen LogP contribution is 2.40. The van der Waals surface area contributed by atoms with Gasteiger partial charge in [-0.15, -0.1) is 0 Å². The molecule has 14 heteroatoms. The lowest BCUT2D eigenvalue weighted by molar-refractivity contribution is 0.353. The molecule has 5 aromatic rings. The van der Waals surface area contributed by atoms with Gasteiger partial charge in [-0.25, -0.2) is 13.2 Å². The van der Waals surface area contributed by atoms with E-state index in [0.717, 1.165) is 51.9 Å². The maximum Gasteiger partial charge on any atom is 0.194 e. The molecular weight excluding hydrogens is 1360 g/mol. The molecule has 0 unspecified atom stereocenters. The Morgan fingerprint density at radius 2 is 0.634 bits per heavy atom. The third kappa shape index (κ3) is 18.9. The number of rotatable bonds is 12. The number of methoxy groups -OCH3 is 2. The normalized spacial score (nSPS) is 11.7. The fourth-order valence-corrected chi connectivity index (χ4v) is 8.99. The molecule has 5 rings (SSSR count). The maximum atomic E-state index is 13.4. The van der Waals surface area contributed by atoms with Crippen molar-refractivity contribution in [2.45, 2.75) is 163 Å². The van der Waals surface area contributed by atoms with Gasteiger partial charge < -0.3 is 35.0 Å². The Balaban J connectivity index is 0.000000444. The van der Waals surface area contributed by atoms with E-state index in [1.54, 1.807) is 19.2 Å². The molecular formula is C57H77F3I4O7. The second-order valence-corrected chi connectivity index (χ2v) is 25.1. The molecule has 5 aromatic carbocycles. The van der Waals surface area contributed by atoms with Crippen molar-refractivity contribution in [3.63, 3.8) is 0 Å². The topological polar surface area (TPSA) is 120 Å². The van der Waals surface area contributed by atoms with Crippen molar-refractivity contribution in [3.8, 4) is 40.2 Å². The predicted octanol–water partition coefficient (Wildman–Crippen LogP) is 18.3. The quantitative estimate of drug-likeness (QED) is 0.0790. The molecule has 0 fully saturated rings. The minimum atomic E-state index is -0.902. The molecule has 0 saturated heterocycles. The second kappa shape index (κ2) is 28.3. The van der Waals surface area contributed by atoms with Gasteiger partial charge in [-0.05, 0) is 238 Å². The Bertz CT molecular complexity index is 2340. The first-order chi connectivity index (χ1) is 32.6. The highest BCUT2D eigenvalue weighted by Gasteiger charge is 2.25. The third-order valence-corrected chi connectivity index (χ3v) is 17.1. The van der Waals surface area contributed by atoms with Crippen molar-refractivity contribution < 1.29 is 48.2 Å². The lowest BCUT2D eigenvalue weighted by Crippen LogP contribution is -2.16. The Hall–Kier alpha value is -2.59. The van der Waals surface area contributed by atoms with E-state index in [-0.39, 0.29) is 38.6 Å². The first kappa shape index (κ1) is 66.4. The van der Waals surface area contributed by atoms with Gasteiger partial charge >= 0.3 is 0 Å². The van der Waals surface area contributed by atoms with Crippen LogP contribution in [0.25, 0.3) is 0 Å². The largest absolute Gasteiger partial charge is 0.507 e. The van der Waals surface area contributed by atoms with Crippen LogP contribution in [0.3, 0.4) is 0 Å². The number of hydrogen-bond donors (Lipinski definition) is 5. The molecule has 5 N–H and O–H groups in total. The van der Waals surface area contributed by atoms with Crippen LogP contribution in [0.4, 0.5) is 13.2 Å². The first-order valence-corrected chi connectivity index (χ1v) is 27.9. The Kier molecular flexibility index (Phi) is 26.5. The molecule has 0 spiro atoms. The summed E-state index contributed by atoms with van der Waals surface area (Å²) in [4.78, 5) is 0. The standard InChI is InChI=1S/C12H17FO2.C12H17IO2.C11H14F2O.C11H14I2O.C11H15IO/c2*1-5-12(2,3)8-6-9(13)11(14)10(7-8)15-4;2*1-4-11(2,3)7-5-8(12)10(14)9(13)6-7;1-4-11(2,3)8-5-6-10(13)9(12)7-8/h2*6-7,14H,5H2,1-4H3;2*5-6,14H,4H2,1-3H3;5-7,13H,4H2,1-3H3. The van der Waals surface area contributed by atoms with Crippen LogP contribution in [0.15, 0.2) is 66.7 Å². The zero-order chi connectivity index (χ0) is 55.2. The molecule has 7 nitrogen and oxygen atoms in total. The SMILES string of the molecule is CCC(C)(C)c1cc(F)c(O)c(F)c1.CCC(C)(C)c1cc(F)c(O)c(OC)c1.CCC(C)(C)c1cc(I)c(O)c(I)c1.CCC(C)(C)c1cc(I)c(O)c(OC)c1.CCC(C)(C)c1ccc(O)c(I)c1. The molecule has 0 aliphatic heterocycles. The van der Waals surface area contributed by atoms with Gasteiger partial charge in [-0.2, -0.15) is 0 Å². The van der Waals surface area contributed by atoms with Gasteiger partial charge in [-0.1, -0.05) is 110 Å². The molecule has 0 aromatic heterocycles. The lowest BCUT2D eigenvalue weighted by atomic mass is 9.82. The number of benzene rings is 5. The van der Waals surface area contributed by atoms with Crippen LogP contribution in [0.5, 0.6) is 40.2 Å². The predicted molar refractivity (Wildman–Crippen MR) is 321 cm³/mol. The highest BCUT2D eigenvalue weighted by atomic mass is 127. The molecule has 0 saturated carbocycles. The summed E-state index contributed by atoms with van der Waals surface area (Å²) in [6.45, 7) is 31.6. The van der Waals surface area contributed by atoms with Crippen LogP contribution in [0.1, 0.15) is 164 Å². The van der Waals surface area contributed by atoms with Crippen molar-refractivity contribution in [2.24, 2.45) is 0 Å². The molecule has 0 heterocycles. The third-order valence-electron chi connectivity index (χ3n) is 13.8. The number of phenolic OH excluding ortho intramolecular Hbond substituents is 5. The zero-order valence-electron chi connectivity index (χ0n) is 44.6. The monoisotopic (exact) mass is 1440 g/mol. The van der Waals surface area contributed by atoms with E-state index in [1.807, 2.05) is 59.7 Å². The van der Waals surface area contributed by atoms with Crippen LogP contribution in [0.2, 0.25) is 0 Å². The number of aromatic hydroxyl groups is 5. The fourth-order valence-electron chi connectivity index (χ4n) is 6.10. The van der Waals surface area contributed by atoms with Crippen molar-refractivity contribution >= 4 is 90.4 Å². The molecule has 0 aliphatic rings. The minimum Gasteiger partial charge on any atom is -0.507 e. The van der Waals surface area contributed by atoms with Crippen molar-refractivity contribution in [1.82, 2.24) is 0 Å². The van der Waals surface area contributed by atoms with E-state index >= 15 is 0 Å². The molecule has 396 valence electrons. The molecule has 0 aliphatic carbocycles. The fraction of sp³-hybridized carbons (Fsp3) is 0.474. The van der Waals surface area contributed by atoms with Crippen LogP contribution >= 0.6 is 90.4 Å². The van der Waals surface area contributed by atoms with Crippen LogP contribution in [0, 0.1) is 31.7 Å². The maximum absolute atomic E-state index is 13.4. The van der Waals surface area contributed by atoms with Crippen molar-refractivity contribution in [1.29, 1.82) is 0 Å². The zero-order valence-corrected chi connectivity index (χ0v) is 53.2. The summed E-state index contributed by atoms with van der Waals surface area (Å²) in [5.41, 5.74) is 5.28. The van der Waals surface area contributed by atoms with Crippen LogP contribution in [-0.2, 0) is 27.1 Å². The molecule has 0 amide bonds. The minimum absolute atomic E-state index is 0.112. The molecule has 71 heavy (non-hydrogen) atoms.